The van der Waals surface area contributed by atoms with E-state index in [2.05, 4.69) is 4.74 Å². The van der Waals surface area contributed by atoms with Crippen LogP contribution in [0, 0.1) is 0 Å². The molecule has 0 bridgehead atoms. The summed E-state index contributed by atoms with van der Waals surface area (Å²) in [6, 6.07) is 1.94. The Hall–Kier alpha value is -1.91. The topological polar surface area (TPSA) is 86.7 Å². The zero-order valence-electron chi connectivity index (χ0n) is 6.77. The molecule has 0 aliphatic rings. The predicted molar refractivity (Wildman–Crippen MR) is 41.3 cm³/mol. The molecule has 0 saturated carbocycles. The van der Waals surface area contributed by atoms with Gasteiger partial charge in [0.2, 0.25) is 5.75 Å². The molecule has 0 aliphatic carbocycles. The summed E-state index contributed by atoms with van der Waals surface area (Å²) in [5.41, 5.74) is -0.257. The first kappa shape index (κ1) is 9.18. The molecule has 2 N–H and O–H groups in total. The third-order valence-corrected chi connectivity index (χ3v) is 1.51. The number of methoxy groups -OCH3 is 1. The van der Waals surface area contributed by atoms with E-state index >= 15 is 0 Å². The lowest BCUT2D eigenvalue weighted by Gasteiger charge is -2.05. The number of phenols is 2. The van der Waals surface area contributed by atoms with Crippen molar-refractivity contribution in [3.63, 3.8) is 0 Å². The Morgan fingerprint density at radius 3 is 2.46 bits per heavy atom. The maximum Gasteiger partial charge on any atom is 0.386 e. The van der Waals surface area contributed by atoms with Gasteiger partial charge in [0, 0.05) is 0 Å². The van der Waals surface area contributed by atoms with Crippen molar-refractivity contribution in [2.45, 2.75) is 0 Å². The van der Waals surface area contributed by atoms with E-state index in [0.717, 1.165) is 12.1 Å². The van der Waals surface area contributed by atoms with Crippen LogP contribution >= 0.6 is 0 Å². The van der Waals surface area contributed by atoms with E-state index < -0.39 is 17.5 Å². The minimum Gasteiger partial charge on any atom is -0.504 e. The van der Waals surface area contributed by atoms with Gasteiger partial charge in [-0.25, -0.2) is 9.90 Å². The van der Waals surface area contributed by atoms with Gasteiger partial charge in [0.05, 0.1) is 12.7 Å². The maximum atomic E-state index is 10.4. The summed E-state index contributed by atoms with van der Waals surface area (Å²) in [6.07, 6.45) is 0. The van der Waals surface area contributed by atoms with Crippen LogP contribution in [0.25, 0.3) is 0 Å². The second-order valence-electron chi connectivity index (χ2n) is 2.33. The largest absolute Gasteiger partial charge is 0.504 e. The molecule has 0 saturated heterocycles. The monoisotopic (exact) mass is 183 g/mol. The van der Waals surface area contributed by atoms with Gasteiger partial charge < -0.3 is 14.9 Å². The van der Waals surface area contributed by atoms with E-state index in [-0.39, 0.29) is 11.3 Å². The van der Waals surface area contributed by atoms with Gasteiger partial charge in [0.1, 0.15) is 0 Å². The van der Waals surface area contributed by atoms with E-state index in [1.165, 1.54) is 7.11 Å². The van der Waals surface area contributed by atoms with E-state index in [1.54, 1.807) is 0 Å². The average molecular weight is 183 g/mol. The fourth-order valence-electron chi connectivity index (χ4n) is 0.867. The smallest absolute Gasteiger partial charge is 0.386 e. The Bertz CT molecular complexity index is 345. The van der Waals surface area contributed by atoms with Crippen molar-refractivity contribution < 1.29 is 24.9 Å². The second-order valence-corrected chi connectivity index (χ2v) is 2.33. The van der Waals surface area contributed by atoms with Gasteiger partial charge >= 0.3 is 5.97 Å². The quantitative estimate of drug-likeness (QED) is 0.660. The van der Waals surface area contributed by atoms with Crippen molar-refractivity contribution in [2.75, 3.05) is 7.11 Å². The predicted octanol–water partition coefficient (Wildman–Crippen LogP) is 0.677. The van der Waals surface area contributed by atoms with E-state index in [4.69, 9.17) is 10.2 Å². The van der Waals surface area contributed by atoms with Crippen molar-refractivity contribution in [1.29, 1.82) is 0 Å². The lowest BCUT2D eigenvalue weighted by molar-refractivity contribution is 0.0572. The molecule has 0 amide bonds. The number of ether oxygens (including phenoxy) is 1. The van der Waals surface area contributed by atoms with Gasteiger partial charge in [-0.2, -0.15) is 0 Å². The first-order valence-electron chi connectivity index (χ1n) is 3.37. The Kier molecular flexibility index (Phi) is 2.27. The zero-order valence-corrected chi connectivity index (χ0v) is 6.77. The molecule has 0 aliphatic heterocycles. The fraction of sp³-hybridized carbons (Fsp3) is 0.125. The molecule has 1 radical (unpaired) electrons. The summed E-state index contributed by atoms with van der Waals surface area (Å²) in [4.78, 5) is 10.4. The van der Waals surface area contributed by atoms with Crippen molar-refractivity contribution >= 4 is 5.97 Å². The summed E-state index contributed by atoms with van der Waals surface area (Å²) in [7, 11) is 1.24. The fourth-order valence-corrected chi connectivity index (χ4v) is 0.867. The first-order chi connectivity index (χ1) is 6.06. The van der Waals surface area contributed by atoms with Crippen LogP contribution in [-0.2, 0) is 5.11 Å². The molecule has 0 unspecified atom stereocenters. The van der Waals surface area contributed by atoms with Crippen LogP contribution in [0.4, 0.5) is 0 Å². The number of carbonyl (C=O) groups is 1. The summed E-state index contributed by atoms with van der Waals surface area (Å²) < 4.78 is 4.62. The highest BCUT2D eigenvalue weighted by atomic mass is 16.5. The van der Waals surface area contributed by atoms with Crippen LogP contribution in [0.2, 0.25) is 0 Å². The molecule has 5 nitrogen and oxygen atoms in total. The highest BCUT2D eigenvalue weighted by Crippen LogP contribution is 2.36. The average Bonchev–Trinajstić information content (AvgIpc) is 2.09. The first-order valence-corrected chi connectivity index (χ1v) is 3.37. The molecule has 1 rings (SSSR count). The van der Waals surface area contributed by atoms with Gasteiger partial charge in [0.25, 0.3) is 0 Å². The summed E-state index contributed by atoms with van der Waals surface area (Å²) in [5, 5.41) is 28.5. The number of hydrogen-bond donors (Lipinski definition) is 2. The number of hydrogen-bond acceptors (Lipinski definition) is 4. The molecule has 1 aromatic carbocycles. The Morgan fingerprint density at radius 1 is 1.38 bits per heavy atom. The SMILES string of the molecule is COc1cc(C([O])=O)cc(O)c1O. The van der Waals surface area contributed by atoms with E-state index in [0.29, 0.717) is 0 Å². The lowest BCUT2D eigenvalue weighted by Crippen LogP contribution is -1.95. The highest BCUT2D eigenvalue weighted by molar-refractivity contribution is 5.89. The lowest BCUT2D eigenvalue weighted by atomic mass is 10.2. The third-order valence-electron chi connectivity index (χ3n) is 1.51. The van der Waals surface area contributed by atoms with Gasteiger partial charge in [-0.05, 0) is 12.1 Å². The Morgan fingerprint density at radius 2 is 2.00 bits per heavy atom. The van der Waals surface area contributed by atoms with Crippen molar-refractivity contribution in [3.8, 4) is 17.2 Å². The van der Waals surface area contributed by atoms with Gasteiger partial charge in [-0.15, -0.1) is 0 Å². The molecular weight excluding hydrogens is 176 g/mol. The third kappa shape index (κ3) is 1.64. The van der Waals surface area contributed by atoms with Crippen LogP contribution in [0.5, 0.6) is 17.2 Å². The van der Waals surface area contributed by atoms with Crippen LogP contribution in [0.1, 0.15) is 10.4 Å². The molecule has 1 aromatic rings. The van der Waals surface area contributed by atoms with Gasteiger partial charge in [-0.1, -0.05) is 0 Å². The molecule has 0 atom stereocenters. The highest BCUT2D eigenvalue weighted by Gasteiger charge is 2.14. The van der Waals surface area contributed by atoms with Crippen LogP contribution < -0.4 is 4.74 Å². The Balaban J connectivity index is 3.30. The summed E-state index contributed by atoms with van der Waals surface area (Å²) >= 11 is 0. The molecule has 0 heterocycles. The van der Waals surface area contributed by atoms with Crippen LogP contribution in [0.3, 0.4) is 0 Å². The van der Waals surface area contributed by atoms with E-state index in [1.807, 2.05) is 0 Å². The standard InChI is InChI=1S/C8H7O5/c1-13-6-3-4(8(11)12)2-5(9)7(6)10/h2-3,9-10H,1H3. The van der Waals surface area contributed by atoms with E-state index in [9.17, 15) is 9.90 Å². The number of carbonyl (C=O) groups excluding carboxylic acids is 1. The molecule has 5 heteroatoms. The summed E-state index contributed by atoms with van der Waals surface area (Å²) in [5.74, 6) is -2.61. The Labute approximate surface area is 73.8 Å². The molecule has 69 valence electrons. The normalized spacial score (nSPS) is 9.62. The maximum absolute atomic E-state index is 10.4. The second kappa shape index (κ2) is 3.22. The van der Waals surface area contributed by atoms with Crippen molar-refractivity contribution in [3.05, 3.63) is 17.7 Å². The number of rotatable bonds is 2. The van der Waals surface area contributed by atoms with Crippen molar-refractivity contribution in [1.82, 2.24) is 0 Å². The van der Waals surface area contributed by atoms with Crippen LogP contribution in [-0.4, -0.2) is 23.3 Å². The van der Waals surface area contributed by atoms with Gasteiger partial charge in [0.15, 0.2) is 11.5 Å². The molecule has 0 spiro atoms. The minimum absolute atomic E-state index is 0.112. The molecule has 0 aromatic heterocycles. The number of phenolic OH excluding ortho intramolecular Hbond substituents is 2. The van der Waals surface area contributed by atoms with Gasteiger partial charge in [-0.3, -0.25) is 0 Å². The summed E-state index contributed by atoms with van der Waals surface area (Å²) in [6.45, 7) is 0. The molecule has 13 heavy (non-hydrogen) atoms. The van der Waals surface area contributed by atoms with Crippen molar-refractivity contribution in [2.24, 2.45) is 0 Å². The molecule has 0 fully saturated rings. The molecular formula is C8H7O5. The minimum atomic E-state index is -1.45. The number of aromatic hydroxyl groups is 2. The zero-order chi connectivity index (χ0) is 10.0. The van der Waals surface area contributed by atoms with Crippen LogP contribution in [0.15, 0.2) is 12.1 Å². The number of benzene rings is 1.